The number of nitrogens with one attached hydrogen (secondary N) is 2. The number of aryl methyl sites for hydroxylation is 1. The summed E-state index contributed by atoms with van der Waals surface area (Å²) in [7, 11) is 0. The molecule has 0 saturated carbocycles. The fourth-order valence-electron chi connectivity index (χ4n) is 2.57. The molecule has 0 unspecified atom stereocenters. The summed E-state index contributed by atoms with van der Waals surface area (Å²) in [5.74, 6) is 0.611. The monoisotopic (exact) mass is 416 g/mol. The summed E-state index contributed by atoms with van der Waals surface area (Å²) >= 11 is 0. The van der Waals surface area contributed by atoms with E-state index < -0.39 is 11.7 Å². The standard InChI is InChI=1S/C22H23F3N4O/c1-14(2)13-30-18-6-4-5-17(11-18)27-20-19(22(23,24)25)12-26-21(29-20)28-16-9-7-15(3)8-10-16/h4-12,14H,13H2,1-3H3,(H2,26,27,28,29). The highest BCUT2D eigenvalue weighted by atomic mass is 19.4. The molecule has 0 amide bonds. The Balaban J connectivity index is 1.87. The maximum atomic E-state index is 13.5. The molecule has 0 spiro atoms. The maximum Gasteiger partial charge on any atom is 0.421 e. The number of anilines is 4. The number of hydrogen-bond donors (Lipinski definition) is 2. The van der Waals surface area contributed by atoms with E-state index in [2.05, 4.69) is 20.6 Å². The predicted molar refractivity (Wildman–Crippen MR) is 112 cm³/mol. The molecule has 0 atom stereocenters. The van der Waals surface area contributed by atoms with Crippen molar-refractivity contribution in [2.24, 2.45) is 5.92 Å². The summed E-state index contributed by atoms with van der Waals surface area (Å²) in [5, 5.41) is 5.68. The number of ether oxygens (including phenoxy) is 1. The maximum absolute atomic E-state index is 13.5. The van der Waals surface area contributed by atoms with Gasteiger partial charge in [0, 0.05) is 23.6 Å². The number of alkyl halides is 3. The van der Waals surface area contributed by atoms with Gasteiger partial charge in [-0.25, -0.2) is 4.98 Å². The van der Waals surface area contributed by atoms with Gasteiger partial charge in [-0.1, -0.05) is 37.6 Å². The van der Waals surface area contributed by atoms with Crippen LogP contribution in [0.1, 0.15) is 25.0 Å². The normalized spacial score (nSPS) is 11.4. The Morgan fingerprint density at radius 2 is 1.73 bits per heavy atom. The second kappa shape index (κ2) is 9.02. The molecule has 0 bridgehead atoms. The van der Waals surface area contributed by atoms with Crippen LogP contribution >= 0.6 is 0 Å². The smallest absolute Gasteiger partial charge is 0.421 e. The van der Waals surface area contributed by atoms with Gasteiger partial charge in [-0.05, 0) is 37.1 Å². The van der Waals surface area contributed by atoms with Gasteiger partial charge in [-0.2, -0.15) is 18.2 Å². The Kier molecular flexibility index (Phi) is 6.44. The number of rotatable bonds is 7. The number of benzene rings is 2. The van der Waals surface area contributed by atoms with Crippen LogP contribution in [0.15, 0.2) is 54.7 Å². The summed E-state index contributed by atoms with van der Waals surface area (Å²) in [6.07, 6.45) is -3.83. The van der Waals surface area contributed by atoms with Crippen molar-refractivity contribution in [1.29, 1.82) is 0 Å². The van der Waals surface area contributed by atoms with E-state index >= 15 is 0 Å². The molecule has 1 aromatic heterocycles. The molecule has 0 saturated heterocycles. The van der Waals surface area contributed by atoms with Gasteiger partial charge >= 0.3 is 6.18 Å². The van der Waals surface area contributed by atoms with Crippen LogP contribution in [0, 0.1) is 12.8 Å². The quantitative estimate of drug-likeness (QED) is 0.472. The van der Waals surface area contributed by atoms with Crippen molar-refractivity contribution < 1.29 is 17.9 Å². The van der Waals surface area contributed by atoms with Crippen molar-refractivity contribution in [3.05, 3.63) is 65.9 Å². The lowest BCUT2D eigenvalue weighted by Gasteiger charge is -2.16. The summed E-state index contributed by atoms with van der Waals surface area (Å²) in [6, 6.07) is 14.1. The lowest BCUT2D eigenvalue weighted by atomic mass is 10.2. The first kappa shape index (κ1) is 21.4. The molecule has 5 nitrogen and oxygen atoms in total. The molecule has 0 aliphatic heterocycles. The van der Waals surface area contributed by atoms with Crippen molar-refractivity contribution in [1.82, 2.24) is 9.97 Å². The molecule has 0 fully saturated rings. The molecular formula is C22H23F3N4O. The lowest BCUT2D eigenvalue weighted by molar-refractivity contribution is -0.137. The average Bonchev–Trinajstić information content (AvgIpc) is 2.68. The van der Waals surface area contributed by atoms with Crippen molar-refractivity contribution >= 4 is 23.1 Å². The molecular weight excluding hydrogens is 393 g/mol. The van der Waals surface area contributed by atoms with Crippen molar-refractivity contribution in [2.75, 3.05) is 17.2 Å². The third-order valence-electron chi connectivity index (χ3n) is 4.08. The highest BCUT2D eigenvalue weighted by Gasteiger charge is 2.35. The third kappa shape index (κ3) is 5.85. The number of nitrogens with zero attached hydrogens (tertiary/aromatic N) is 2. The topological polar surface area (TPSA) is 59.1 Å². The summed E-state index contributed by atoms with van der Waals surface area (Å²) in [4.78, 5) is 7.89. The van der Waals surface area contributed by atoms with Crippen LogP contribution in [-0.4, -0.2) is 16.6 Å². The SMILES string of the molecule is Cc1ccc(Nc2ncc(C(F)(F)F)c(Nc3cccc(OCC(C)C)c3)n2)cc1. The van der Waals surface area contributed by atoms with Gasteiger partial charge in [0.25, 0.3) is 0 Å². The van der Waals surface area contributed by atoms with Crippen LogP contribution in [0.25, 0.3) is 0 Å². The summed E-state index contributed by atoms with van der Waals surface area (Å²) < 4.78 is 46.1. The second-order valence-electron chi connectivity index (χ2n) is 7.30. The first-order chi connectivity index (χ1) is 14.2. The number of halogens is 3. The molecule has 3 rings (SSSR count). The molecule has 30 heavy (non-hydrogen) atoms. The Hall–Kier alpha value is -3.29. The molecule has 158 valence electrons. The molecule has 0 radical (unpaired) electrons. The first-order valence-corrected chi connectivity index (χ1v) is 9.48. The van der Waals surface area contributed by atoms with E-state index in [9.17, 15) is 13.2 Å². The van der Waals surface area contributed by atoms with Gasteiger partial charge in [-0.15, -0.1) is 0 Å². The van der Waals surface area contributed by atoms with Gasteiger partial charge < -0.3 is 15.4 Å². The zero-order valence-electron chi connectivity index (χ0n) is 16.9. The fourth-order valence-corrected chi connectivity index (χ4v) is 2.57. The highest BCUT2D eigenvalue weighted by Crippen LogP contribution is 2.35. The van der Waals surface area contributed by atoms with E-state index in [1.165, 1.54) is 0 Å². The predicted octanol–water partition coefficient (Wildman–Crippen LogP) is 6.33. The number of aromatic nitrogens is 2. The average molecular weight is 416 g/mol. The first-order valence-electron chi connectivity index (χ1n) is 9.48. The van der Waals surface area contributed by atoms with Crippen LogP contribution in [-0.2, 0) is 6.18 Å². The van der Waals surface area contributed by atoms with Crippen LogP contribution in [0.4, 0.5) is 36.3 Å². The minimum absolute atomic E-state index is 0.0570. The van der Waals surface area contributed by atoms with E-state index in [1.54, 1.807) is 36.4 Å². The van der Waals surface area contributed by atoms with E-state index in [0.717, 1.165) is 11.8 Å². The lowest BCUT2D eigenvalue weighted by Crippen LogP contribution is -2.12. The van der Waals surface area contributed by atoms with Crippen LogP contribution < -0.4 is 15.4 Å². The van der Waals surface area contributed by atoms with E-state index in [1.807, 2.05) is 32.9 Å². The van der Waals surface area contributed by atoms with Crippen molar-refractivity contribution in [2.45, 2.75) is 26.9 Å². The Morgan fingerprint density at radius 1 is 1.00 bits per heavy atom. The van der Waals surface area contributed by atoms with Crippen molar-refractivity contribution in [3.63, 3.8) is 0 Å². The van der Waals surface area contributed by atoms with E-state index in [0.29, 0.717) is 29.6 Å². The Bertz CT molecular complexity index is 988. The van der Waals surface area contributed by atoms with E-state index in [4.69, 9.17) is 4.74 Å². The van der Waals surface area contributed by atoms with Crippen molar-refractivity contribution in [3.8, 4) is 5.75 Å². The fraction of sp³-hybridized carbons (Fsp3) is 0.273. The number of hydrogen-bond acceptors (Lipinski definition) is 5. The molecule has 0 aliphatic carbocycles. The molecule has 1 heterocycles. The van der Waals surface area contributed by atoms with Crippen LogP contribution in [0.5, 0.6) is 5.75 Å². The molecule has 2 aromatic carbocycles. The highest BCUT2D eigenvalue weighted by molar-refractivity contribution is 5.64. The van der Waals surface area contributed by atoms with Gasteiger partial charge in [0.15, 0.2) is 0 Å². The van der Waals surface area contributed by atoms with E-state index in [-0.39, 0.29) is 11.8 Å². The summed E-state index contributed by atoms with van der Waals surface area (Å²) in [6.45, 7) is 6.48. The minimum Gasteiger partial charge on any atom is -0.493 e. The van der Waals surface area contributed by atoms with Gasteiger partial charge in [0.1, 0.15) is 17.1 Å². The van der Waals surface area contributed by atoms with Crippen LogP contribution in [0.2, 0.25) is 0 Å². The largest absolute Gasteiger partial charge is 0.493 e. The van der Waals surface area contributed by atoms with Gasteiger partial charge in [0.05, 0.1) is 6.61 Å². The molecule has 3 aromatic rings. The zero-order chi connectivity index (χ0) is 21.7. The summed E-state index contributed by atoms with van der Waals surface area (Å²) in [5.41, 5.74) is 1.22. The second-order valence-corrected chi connectivity index (χ2v) is 7.30. The van der Waals surface area contributed by atoms with Gasteiger partial charge in [-0.3, -0.25) is 0 Å². The van der Waals surface area contributed by atoms with Crippen LogP contribution in [0.3, 0.4) is 0 Å². The molecule has 0 aliphatic rings. The Labute approximate surface area is 173 Å². The Morgan fingerprint density at radius 3 is 2.40 bits per heavy atom. The van der Waals surface area contributed by atoms with Gasteiger partial charge in [0.2, 0.25) is 5.95 Å². The zero-order valence-corrected chi connectivity index (χ0v) is 16.9. The molecule has 8 heteroatoms. The third-order valence-corrected chi connectivity index (χ3v) is 4.08. The molecule has 2 N–H and O–H groups in total. The minimum atomic E-state index is -4.60.